The van der Waals surface area contributed by atoms with Gasteiger partial charge in [0.2, 0.25) is 6.79 Å². The van der Waals surface area contributed by atoms with Gasteiger partial charge in [-0.1, -0.05) is 6.07 Å². The molecule has 2 aliphatic heterocycles. The van der Waals surface area contributed by atoms with Crippen molar-refractivity contribution < 1.29 is 19.0 Å². The van der Waals surface area contributed by atoms with Gasteiger partial charge in [-0.05, 0) is 37.0 Å². The van der Waals surface area contributed by atoms with Crippen LogP contribution in [0, 0.1) is 5.92 Å². The lowest BCUT2D eigenvalue weighted by Gasteiger charge is -2.20. The van der Waals surface area contributed by atoms with Crippen molar-refractivity contribution in [1.29, 1.82) is 0 Å². The molecular weight excluding hydrogens is 220 g/mol. The molecule has 0 saturated carbocycles. The van der Waals surface area contributed by atoms with E-state index in [0.29, 0.717) is 6.61 Å². The van der Waals surface area contributed by atoms with E-state index in [0.717, 1.165) is 36.3 Å². The number of carbonyl (C=O) groups is 1. The van der Waals surface area contributed by atoms with Gasteiger partial charge < -0.3 is 14.2 Å². The number of ether oxygens (including phenoxy) is 3. The van der Waals surface area contributed by atoms with Gasteiger partial charge >= 0.3 is 5.97 Å². The van der Waals surface area contributed by atoms with Gasteiger partial charge in [0.25, 0.3) is 0 Å². The molecule has 0 N–H and O–H groups in total. The van der Waals surface area contributed by atoms with Crippen LogP contribution in [0.4, 0.5) is 0 Å². The Balaban J connectivity index is 1.74. The fourth-order valence-electron chi connectivity index (χ4n) is 2.28. The number of fused-ring (bicyclic) bond motifs is 1. The molecule has 90 valence electrons. The number of benzene rings is 1. The SMILES string of the molecule is O=C1OCCCC1Cc1ccc2c(c1)OCO2. The second kappa shape index (κ2) is 4.28. The Kier molecular flexibility index (Phi) is 2.63. The molecule has 2 aliphatic rings. The predicted molar refractivity (Wildman–Crippen MR) is 60.0 cm³/mol. The maximum Gasteiger partial charge on any atom is 0.309 e. The van der Waals surface area contributed by atoms with Crippen molar-refractivity contribution in [2.75, 3.05) is 13.4 Å². The van der Waals surface area contributed by atoms with Crippen LogP contribution in [0.5, 0.6) is 11.5 Å². The number of hydrogen-bond acceptors (Lipinski definition) is 4. The molecule has 0 aliphatic carbocycles. The van der Waals surface area contributed by atoms with Gasteiger partial charge in [-0.2, -0.15) is 0 Å². The van der Waals surface area contributed by atoms with Crippen LogP contribution in [0.15, 0.2) is 18.2 Å². The summed E-state index contributed by atoms with van der Waals surface area (Å²) >= 11 is 0. The van der Waals surface area contributed by atoms with Crippen LogP contribution < -0.4 is 9.47 Å². The molecule has 1 unspecified atom stereocenters. The zero-order valence-corrected chi connectivity index (χ0v) is 9.48. The summed E-state index contributed by atoms with van der Waals surface area (Å²) < 4.78 is 15.6. The Morgan fingerprint density at radius 2 is 2.06 bits per heavy atom. The number of esters is 1. The molecule has 0 spiro atoms. The van der Waals surface area contributed by atoms with Crippen LogP contribution in [-0.4, -0.2) is 19.4 Å². The van der Waals surface area contributed by atoms with Gasteiger partial charge in [-0.25, -0.2) is 0 Å². The zero-order valence-electron chi connectivity index (χ0n) is 9.48. The molecule has 1 fully saturated rings. The smallest absolute Gasteiger partial charge is 0.309 e. The molecule has 1 aromatic rings. The van der Waals surface area contributed by atoms with E-state index in [1.165, 1.54) is 0 Å². The van der Waals surface area contributed by atoms with Crippen molar-refractivity contribution in [3.05, 3.63) is 23.8 Å². The number of carbonyl (C=O) groups excluding carboxylic acids is 1. The quantitative estimate of drug-likeness (QED) is 0.733. The van der Waals surface area contributed by atoms with Gasteiger partial charge in [0.1, 0.15) is 0 Å². The van der Waals surface area contributed by atoms with Gasteiger partial charge in [0, 0.05) is 0 Å². The zero-order chi connectivity index (χ0) is 11.7. The number of hydrogen-bond donors (Lipinski definition) is 0. The molecule has 1 saturated heterocycles. The molecular formula is C13H14O4. The van der Waals surface area contributed by atoms with Crippen molar-refractivity contribution in [3.63, 3.8) is 0 Å². The molecule has 2 heterocycles. The highest BCUT2D eigenvalue weighted by molar-refractivity contribution is 5.73. The Morgan fingerprint density at radius 1 is 1.18 bits per heavy atom. The molecule has 4 nitrogen and oxygen atoms in total. The van der Waals surface area contributed by atoms with E-state index < -0.39 is 0 Å². The summed E-state index contributed by atoms with van der Waals surface area (Å²) in [5.41, 5.74) is 1.10. The fourth-order valence-corrected chi connectivity index (χ4v) is 2.28. The molecule has 4 heteroatoms. The monoisotopic (exact) mass is 234 g/mol. The third-order valence-electron chi connectivity index (χ3n) is 3.19. The Labute approximate surface area is 99.5 Å². The summed E-state index contributed by atoms with van der Waals surface area (Å²) in [6, 6.07) is 5.82. The predicted octanol–water partition coefficient (Wildman–Crippen LogP) is 1.91. The highest BCUT2D eigenvalue weighted by Gasteiger charge is 2.25. The van der Waals surface area contributed by atoms with Crippen LogP contribution in [-0.2, 0) is 16.0 Å². The minimum atomic E-state index is -0.0751. The minimum absolute atomic E-state index is 0.0101. The van der Waals surface area contributed by atoms with Crippen molar-refractivity contribution in [2.24, 2.45) is 5.92 Å². The van der Waals surface area contributed by atoms with Crippen molar-refractivity contribution in [2.45, 2.75) is 19.3 Å². The van der Waals surface area contributed by atoms with Crippen LogP contribution in [0.1, 0.15) is 18.4 Å². The highest BCUT2D eigenvalue weighted by Crippen LogP contribution is 2.33. The highest BCUT2D eigenvalue weighted by atomic mass is 16.7. The summed E-state index contributed by atoms with van der Waals surface area (Å²) in [7, 11) is 0. The van der Waals surface area contributed by atoms with Crippen molar-refractivity contribution in [3.8, 4) is 11.5 Å². The second-order valence-corrected chi connectivity index (χ2v) is 4.40. The van der Waals surface area contributed by atoms with E-state index >= 15 is 0 Å². The van der Waals surface area contributed by atoms with E-state index in [1.807, 2.05) is 18.2 Å². The molecule has 0 radical (unpaired) electrons. The fraction of sp³-hybridized carbons (Fsp3) is 0.462. The average Bonchev–Trinajstić information content (AvgIpc) is 2.79. The maximum absolute atomic E-state index is 11.6. The molecule has 1 aromatic carbocycles. The minimum Gasteiger partial charge on any atom is -0.465 e. The largest absolute Gasteiger partial charge is 0.465 e. The summed E-state index contributed by atoms with van der Waals surface area (Å²) in [5.74, 6) is 1.46. The van der Waals surface area contributed by atoms with Gasteiger partial charge in [-0.3, -0.25) is 4.79 Å². The first kappa shape index (κ1) is 10.4. The van der Waals surface area contributed by atoms with E-state index in [-0.39, 0.29) is 18.7 Å². The van der Waals surface area contributed by atoms with E-state index in [9.17, 15) is 4.79 Å². The Bertz CT molecular complexity index is 441. The Hall–Kier alpha value is -1.71. The van der Waals surface area contributed by atoms with E-state index in [1.54, 1.807) is 0 Å². The number of rotatable bonds is 2. The van der Waals surface area contributed by atoms with Crippen LogP contribution in [0.2, 0.25) is 0 Å². The second-order valence-electron chi connectivity index (χ2n) is 4.40. The summed E-state index contributed by atoms with van der Waals surface area (Å²) in [6.45, 7) is 0.848. The maximum atomic E-state index is 11.6. The van der Waals surface area contributed by atoms with Gasteiger partial charge in [-0.15, -0.1) is 0 Å². The first-order chi connectivity index (χ1) is 8.33. The van der Waals surface area contributed by atoms with Crippen LogP contribution in [0.25, 0.3) is 0 Å². The average molecular weight is 234 g/mol. The molecule has 1 atom stereocenters. The summed E-state index contributed by atoms with van der Waals surface area (Å²) in [4.78, 5) is 11.6. The molecule has 17 heavy (non-hydrogen) atoms. The topological polar surface area (TPSA) is 44.8 Å². The lowest BCUT2D eigenvalue weighted by Crippen LogP contribution is -2.25. The standard InChI is InChI=1S/C13H14O4/c14-13-10(2-1-5-15-13)6-9-3-4-11-12(7-9)17-8-16-11/h3-4,7,10H,1-2,5-6,8H2. The summed E-state index contributed by atoms with van der Waals surface area (Å²) in [5, 5.41) is 0. The van der Waals surface area contributed by atoms with E-state index in [4.69, 9.17) is 14.2 Å². The number of cyclic esters (lactones) is 1. The normalized spacial score (nSPS) is 22.4. The van der Waals surface area contributed by atoms with Gasteiger partial charge in [0.05, 0.1) is 12.5 Å². The lowest BCUT2D eigenvalue weighted by atomic mass is 9.93. The molecule has 0 aromatic heterocycles. The van der Waals surface area contributed by atoms with Crippen molar-refractivity contribution >= 4 is 5.97 Å². The first-order valence-corrected chi connectivity index (χ1v) is 5.88. The van der Waals surface area contributed by atoms with Crippen LogP contribution >= 0.6 is 0 Å². The first-order valence-electron chi connectivity index (χ1n) is 5.88. The third kappa shape index (κ3) is 2.07. The third-order valence-corrected chi connectivity index (χ3v) is 3.19. The van der Waals surface area contributed by atoms with E-state index in [2.05, 4.69) is 0 Å². The lowest BCUT2D eigenvalue weighted by molar-refractivity contribution is -0.152. The molecule has 0 bridgehead atoms. The van der Waals surface area contributed by atoms with Crippen LogP contribution in [0.3, 0.4) is 0 Å². The summed E-state index contributed by atoms with van der Waals surface area (Å²) in [6.07, 6.45) is 2.59. The Morgan fingerprint density at radius 3 is 2.94 bits per heavy atom. The molecule has 0 amide bonds. The molecule has 3 rings (SSSR count). The van der Waals surface area contributed by atoms with Crippen molar-refractivity contribution in [1.82, 2.24) is 0 Å². The van der Waals surface area contributed by atoms with Gasteiger partial charge in [0.15, 0.2) is 11.5 Å².